The van der Waals surface area contributed by atoms with Gasteiger partial charge in [0, 0.05) is 42.8 Å². The molecule has 2 amide bonds. The summed E-state index contributed by atoms with van der Waals surface area (Å²) in [5.74, 6) is 1.74. The van der Waals surface area contributed by atoms with E-state index in [0.29, 0.717) is 29.7 Å². The molecule has 9 heteroatoms. The van der Waals surface area contributed by atoms with E-state index in [0.717, 1.165) is 17.1 Å². The first-order chi connectivity index (χ1) is 17.4. The van der Waals surface area contributed by atoms with Gasteiger partial charge in [0.05, 0.1) is 5.92 Å². The Kier molecular flexibility index (Phi) is 6.20. The van der Waals surface area contributed by atoms with Crippen LogP contribution in [0.1, 0.15) is 23.4 Å². The Bertz CT molecular complexity index is 1410. The average Bonchev–Trinajstić information content (AvgIpc) is 3.48. The van der Waals surface area contributed by atoms with Gasteiger partial charge in [-0.2, -0.15) is 0 Å². The van der Waals surface area contributed by atoms with Crippen molar-refractivity contribution in [2.24, 2.45) is 5.92 Å². The van der Waals surface area contributed by atoms with Gasteiger partial charge >= 0.3 is 0 Å². The maximum absolute atomic E-state index is 12.8. The molecule has 2 aromatic carbocycles. The number of nitrogens with one attached hydrogen (secondary N) is 1. The quantitative estimate of drug-likeness (QED) is 0.438. The predicted molar refractivity (Wildman–Crippen MR) is 135 cm³/mol. The van der Waals surface area contributed by atoms with Gasteiger partial charge in [-0.3, -0.25) is 14.2 Å². The number of hydrogen-bond donors (Lipinski definition) is 1. The van der Waals surface area contributed by atoms with E-state index < -0.39 is 5.92 Å². The van der Waals surface area contributed by atoms with Crippen LogP contribution in [0.4, 0.5) is 11.4 Å². The number of aryl methyl sites for hydroxylation is 3. The highest BCUT2D eigenvalue weighted by atomic mass is 16.5. The van der Waals surface area contributed by atoms with Gasteiger partial charge < -0.3 is 15.0 Å². The number of carbonyl (C=O) groups is 2. The van der Waals surface area contributed by atoms with E-state index in [2.05, 4.69) is 20.5 Å². The van der Waals surface area contributed by atoms with Gasteiger partial charge in [-0.05, 0) is 74.4 Å². The maximum Gasteiger partial charge on any atom is 0.238 e. The second kappa shape index (κ2) is 9.61. The van der Waals surface area contributed by atoms with Crippen LogP contribution >= 0.6 is 0 Å². The van der Waals surface area contributed by atoms with Crippen LogP contribution in [0.5, 0.6) is 11.6 Å². The minimum absolute atomic E-state index is 0.0440. The number of amides is 2. The molecule has 182 valence electrons. The van der Waals surface area contributed by atoms with Gasteiger partial charge in [-0.25, -0.2) is 4.98 Å². The molecule has 36 heavy (non-hydrogen) atoms. The number of rotatable bonds is 6. The molecule has 1 saturated heterocycles. The normalized spacial score (nSPS) is 15.2. The Morgan fingerprint density at radius 2 is 1.81 bits per heavy atom. The van der Waals surface area contributed by atoms with Gasteiger partial charge in [-0.1, -0.05) is 6.07 Å². The number of ether oxygens (including phenoxy) is 1. The average molecular weight is 483 g/mol. The molecule has 1 fully saturated rings. The van der Waals surface area contributed by atoms with Crippen molar-refractivity contribution in [1.29, 1.82) is 0 Å². The SMILES string of the molecule is Cc1ccc(N2CC(C(=O)Nc3ccc(Oc4ccc(-n5ccnc5C)nn4)cc3)CC2=O)cc1C. The lowest BCUT2D eigenvalue weighted by molar-refractivity contribution is -0.122. The number of carbonyl (C=O) groups excluding carboxylic acids is 2. The molecule has 9 nitrogen and oxygen atoms in total. The molecular formula is C27H26N6O3. The fourth-order valence-corrected chi connectivity index (χ4v) is 4.11. The number of nitrogens with zero attached hydrogens (tertiary/aromatic N) is 5. The summed E-state index contributed by atoms with van der Waals surface area (Å²) in [6.45, 7) is 6.30. The fraction of sp³-hybridized carbons (Fsp3) is 0.222. The van der Waals surface area contributed by atoms with E-state index in [1.54, 1.807) is 47.5 Å². The number of imidazole rings is 1. The molecule has 2 aromatic heterocycles. The summed E-state index contributed by atoms with van der Waals surface area (Å²) in [7, 11) is 0. The van der Waals surface area contributed by atoms with Crippen molar-refractivity contribution in [3.8, 4) is 17.4 Å². The van der Waals surface area contributed by atoms with E-state index in [1.165, 1.54) is 5.56 Å². The molecule has 4 aromatic rings. The molecule has 1 N–H and O–H groups in total. The number of anilines is 2. The summed E-state index contributed by atoms with van der Waals surface area (Å²) in [5.41, 5.74) is 3.74. The molecule has 0 saturated carbocycles. The van der Waals surface area contributed by atoms with Crippen molar-refractivity contribution >= 4 is 23.2 Å². The van der Waals surface area contributed by atoms with Crippen LogP contribution < -0.4 is 15.0 Å². The van der Waals surface area contributed by atoms with Crippen molar-refractivity contribution in [3.05, 3.63) is 83.9 Å². The van der Waals surface area contributed by atoms with Crippen LogP contribution in [0.3, 0.4) is 0 Å². The van der Waals surface area contributed by atoms with Gasteiger partial charge in [-0.15, -0.1) is 10.2 Å². The number of aromatic nitrogens is 4. The van der Waals surface area contributed by atoms with E-state index in [1.807, 2.05) is 49.7 Å². The summed E-state index contributed by atoms with van der Waals surface area (Å²) < 4.78 is 7.60. The third kappa shape index (κ3) is 4.81. The first-order valence-electron chi connectivity index (χ1n) is 11.7. The zero-order chi connectivity index (χ0) is 25.2. The van der Waals surface area contributed by atoms with Crippen molar-refractivity contribution < 1.29 is 14.3 Å². The lowest BCUT2D eigenvalue weighted by Gasteiger charge is -2.18. The molecule has 0 bridgehead atoms. The third-order valence-corrected chi connectivity index (χ3v) is 6.34. The number of hydrogen-bond acceptors (Lipinski definition) is 6. The molecule has 1 unspecified atom stereocenters. The monoisotopic (exact) mass is 482 g/mol. The first-order valence-corrected chi connectivity index (χ1v) is 11.7. The summed E-state index contributed by atoms with van der Waals surface area (Å²) in [6.07, 6.45) is 3.70. The molecule has 5 rings (SSSR count). The summed E-state index contributed by atoms with van der Waals surface area (Å²) in [6, 6.07) is 16.4. The van der Waals surface area contributed by atoms with Crippen LogP contribution in [0.2, 0.25) is 0 Å². The molecule has 1 aliphatic heterocycles. The largest absolute Gasteiger partial charge is 0.438 e. The van der Waals surface area contributed by atoms with Crippen LogP contribution in [0.15, 0.2) is 67.0 Å². The van der Waals surface area contributed by atoms with E-state index in [4.69, 9.17) is 4.74 Å². The van der Waals surface area contributed by atoms with Gasteiger partial charge in [0.1, 0.15) is 11.6 Å². The second-order valence-electron chi connectivity index (χ2n) is 8.86. The van der Waals surface area contributed by atoms with Crippen molar-refractivity contribution in [3.63, 3.8) is 0 Å². The van der Waals surface area contributed by atoms with Crippen molar-refractivity contribution in [2.45, 2.75) is 27.2 Å². The molecule has 1 atom stereocenters. The van der Waals surface area contributed by atoms with Gasteiger partial charge in [0.25, 0.3) is 0 Å². The molecule has 0 spiro atoms. The summed E-state index contributed by atoms with van der Waals surface area (Å²) in [4.78, 5) is 31.3. The predicted octanol–water partition coefficient (Wildman–Crippen LogP) is 4.37. The highest BCUT2D eigenvalue weighted by molar-refractivity contribution is 6.03. The van der Waals surface area contributed by atoms with Crippen molar-refractivity contribution in [2.75, 3.05) is 16.8 Å². The minimum Gasteiger partial charge on any atom is -0.438 e. The Morgan fingerprint density at radius 1 is 1.00 bits per heavy atom. The highest BCUT2D eigenvalue weighted by Gasteiger charge is 2.35. The fourth-order valence-electron chi connectivity index (χ4n) is 4.11. The smallest absolute Gasteiger partial charge is 0.238 e. The minimum atomic E-state index is -0.414. The van der Waals surface area contributed by atoms with E-state index in [9.17, 15) is 9.59 Å². The second-order valence-corrected chi connectivity index (χ2v) is 8.86. The highest BCUT2D eigenvalue weighted by Crippen LogP contribution is 2.28. The summed E-state index contributed by atoms with van der Waals surface area (Å²) in [5, 5.41) is 11.2. The van der Waals surface area contributed by atoms with Crippen LogP contribution in [-0.2, 0) is 9.59 Å². The van der Waals surface area contributed by atoms with Crippen molar-refractivity contribution in [1.82, 2.24) is 19.7 Å². The molecular weight excluding hydrogens is 456 g/mol. The van der Waals surface area contributed by atoms with E-state index in [-0.39, 0.29) is 18.2 Å². The van der Waals surface area contributed by atoms with Crippen LogP contribution in [-0.4, -0.2) is 38.1 Å². The molecule has 0 radical (unpaired) electrons. The lowest BCUT2D eigenvalue weighted by atomic mass is 10.1. The summed E-state index contributed by atoms with van der Waals surface area (Å²) >= 11 is 0. The molecule has 0 aliphatic carbocycles. The standard InChI is InChI=1S/C27H26N6O3/c1-17-4-7-22(14-18(17)2)33-16-20(15-26(33)34)27(35)29-21-5-8-23(9-6-21)36-25-11-10-24(30-31-25)32-13-12-28-19(32)3/h4-14,20H,15-16H2,1-3H3,(H,29,35). The number of benzene rings is 2. The Morgan fingerprint density at radius 3 is 2.47 bits per heavy atom. The Balaban J connectivity index is 1.18. The zero-order valence-corrected chi connectivity index (χ0v) is 20.3. The Hall–Kier alpha value is -4.53. The third-order valence-electron chi connectivity index (χ3n) is 6.34. The Labute approximate surface area is 208 Å². The van der Waals surface area contributed by atoms with Crippen LogP contribution in [0, 0.1) is 26.7 Å². The van der Waals surface area contributed by atoms with Gasteiger partial charge in [0.2, 0.25) is 17.7 Å². The topological polar surface area (TPSA) is 102 Å². The van der Waals surface area contributed by atoms with Crippen LogP contribution in [0.25, 0.3) is 5.82 Å². The first kappa shape index (κ1) is 23.2. The van der Waals surface area contributed by atoms with Gasteiger partial charge in [0.15, 0.2) is 5.82 Å². The molecule has 1 aliphatic rings. The maximum atomic E-state index is 12.8. The van der Waals surface area contributed by atoms with E-state index >= 15 is 0 Å². The lowest BCUT2D eigenvalue weighted by Crippen LogP contribution is -2.28. The zero-order valence-electron chi connectivity index (χ0n) is 20.3. The molecule has 3 heterocycles.